The van der Waals surface area contributed by atoms with E-state index in [-0.39, 0.29) is 6.10 Å². The van der Waals surface area contributed by atoms with Gasteiger partial charge < -0.3 is 5.11 Å². The molecule has 56 valence electrons. The predicted octanol–water partition coefficient (Wildman–Crippen LogP) is 0.851. The molecule has 3 nitrogen and oxygen atoms in total. The zero-order valence-corrected chi connectivity index (χ0v) is 6.64. The molecule has 0 aliphatic heterocycles. The minimum absolute atomic E-state index is 0.235. The fraction of sp³-hybridized carbons (Fsp3) is 0.667. The molecule has 1 heterocycles. The van der Waals surface area contributed by atoms with E-state index in [4.69, 9.17) is 5.11 Å². The van der Waals surface area contributed by atoms with E-state index in [0.29, 0.717) is 0 Å². The number of aliphatic hydroxyl groups excluding tert-OH is 1. The van der Waals surface area contributed by atoms with Gasteiger partial charge in [-0.15, -0.1) is 5.10 Å². The van der Waals surface area contributed by atoms with Crippen LogP contribution in [0.2, 0.25) is 0 Å². The molecular weight excluding hydrogens is 148 g/mol. The monoisotopic (exact) mass is 158 g/mol. The maximum absolute atomic E-state index is 8.91. The van der Waals surface area contributed by atoms with E-state index in [0.717, 1.165) is 18.5 Å². The third-order valence-electron chi connectivity index (χ3n) is 1.22. The van der Waals surface area contributed by atoms with Crippen molar-refractivity contribution < 1.29 is 5.11 Å². The van der Waals surface area contributed by atoms with Crippen molar-refractivity contribution in [2.24, 2.45) is 0 Å². The van der Waals surface area contributed by atoms with Crippen molar-refractivity contribution in [3.8, 4) is 0 Å². The number of aryl methyl sites for hydroxylation is 1. The Morgan fingerprint density at radius 1 is 1.80 bits per heavy atom. The zero-order valence-electron chi connectivity index (χ0n) is 5.82. The van der Waals surface area contributed by atoms with Crippen LogP contribution in [-0.2, 0) is 6.42 Å². The third kappa shape index (κ3) is 2.41. The third-order valence-corrected chi connectivity index (χ3v) is 1.78. The average molecular weight is 158 g/mol. The Bertz CT molecular complexity index is 174. The summed E-state index contributed by atoms with van der Waals surface area (Å²) in [5.74, 6) is 0. The molecule has 0 spiro atoms. The molecule has 10 heavy (non-hydrogen) atoms. The van der Waals surface area contributed by atoms with E-state index in [1.807, 2.05) is 5.38 Å². The van der Waals surface area contributed by atoms with Crippen LogP contribution in [0.5, 0.6) is 0 Å². The molecule has 1 atom stereocenters. The van der Waals surface area contributed by atoms with Gasteiger partial charge in [0.25, 0.3) is 0 Å². The lowest BCUT2D eigenvalue weighted by atomic mass is 10.2. The topological polar surface area (TPSA) is 46.0 Å². The maximum atomic E-state index is 8.91. The summed E-state index contributed by atoms with van der Waals surface area (Å²) < 4.78 is 3.71. The molecule has 0 fully saturated rings. The van der Waals surface area contributed by atoms with Gasteiger partial charge in [-0.3, -0.25) is 0 Å². The largest absolute Gasteiger partial charge is 0.393 e. The first kappa shape index (κ1) is 7.63. The van der Waals surface area contributed by atoms with Gasteiger partial charge in [0.2, 0.25) is 0 Å². The zero-order chi connectivity index (χ0) is 7.40. The van der Waals surface area contributed by atoms with Crippen LogP contribution < -0.4 is 0 Å². The van der Waals surface area contributed by atoms with Gasteiger partial charge >= 0.3 is 0 Å². The number of nitrogens with zero attached hydrogens (tertiary/aromatic N) is 2. The molecular formula is C6H10N2OS. The van der Waals surface area contributed by atoms with Crippen molar-refractivity contribution in [1.82, 2.24) is 9.59 Å². The summed E-state index contributed by atoms with van der Waals surface area (Å²) in [6.07, 6.45) is 1.36. The molecule has 1 rings (SSSR count). The summed E-state index contributed by atoms with van der Waals surface area (Å²) in [4.78, 5) is 0. The Labute approximate surface area is 63.9 Å². The predicted molar refractivity (Wildman–Crippen MR) is 39.9 cm³/mol. The fourth-order valence-electron chi connectivity index (χ4n) is 0.650. The van der Waals surface area contributed by atoms with Crippen molar-refractivity contribution in [2.75, 3.05) is 0 Å². The summed E-state index contributed by atoms with van der Waals surface area (Å²) in [5.41, 5.74) is 0.978. The number of aromatic nitrogens is 2. The second kappa shape index (κ2) is 3.63. The molecule has 0 aromatic carbocycles. The second-order valence-electron chi connectivity index (χ2n) is 2.28. The number of rotatable bonds is 3. The SMILES string of the molecule is CC(O)CCc1csnn1. The van der Waals surface area contributed by atoms with Crippen molar-refractivity contribution in [3.05, 3.63) is 11.1 Å². The molecule has 4 heteroatoms. The van der Waals surface area contributed by atoms with Crippen molar-refractivity contribution in [3.63, 3.8) is 0 Å². The van der Waals surface area contributed by atoms with Gasteiger partial charge in [0.05, 0.1) is 11.8 Å². The van der Waals surface area contributed by atoms with Crippen LogP contribution in [0.25, 0.3) is 0 Å². The molecule has 0 bridgehead atoms. The lowest BCUT2D eigenvalue weighted by Crippen LogP contribution is -2.01. The van der Waals surface area contributed by atoms with E-state index in [1.165, 1.54) is 11.5 Å². The van der Waals surface area contributed by atoms with Gasteiger partial charge in [-0.2, -0.15) is 0 Å². The van der Waals surface area contributed by atoms with Crippen LogP contribution in [0.4, 0.5) is 0 Å². The minimum atomic E-state index is -0.235. The van der Waals surface area contributed by atoms with Crippen LogP contribution in [-0.4, -0.2) is 20.8 Å². The first-order valence-corrected chi connectivity index (χ1v) is 4.06. The van der Waals surface area contributed by atoms with E-state index in [9.17, 15) is 0 Å². The second-order valence-corrected chi connectivity index (χ2v) is 2.89. The van der Waals surface area contributed by atoms with E-state index < -0.39 is 0 Å². The van der Waals surface area contributed by atoms with Gasteiger partial charge in [0.1, 0.15) is 0 Å². The van der Waals surface area contributed by atoms with Crippen LogP contribution in [0, 0.1) is 0 Å². The van der Waals surface area contributed by atoms with Crippen LogP contribution in [0.1, 0.15) is 19.0 Å². The highest BCUT2D eigenvalue weighted by atomic mass is 32.1. The standard InChI is InChI=1S/C6H10N2OS/c1-5(9)2-3-6-4-10-8-7-6/h4-5,9H,2-3H2,1H3. The summed E-state index contributed by atoms with van der Waals surface area (Å²) in [7, 11) is 0. The molecule has 1 aromatic heterocycles. The number of hydrogen-bond donors (Lipinski definition) is 1. The summed E-state index contributed by atoms with van der Waals surface area (Å²) in [6, 6.07) is 0. The highest BCUT2D eigenvalue weighted by Gasteiger charge is 1.98. The van der Waals surface area contributed by atoms with Gasteiger partial charge in [0.15, 0.2) is 0 Å². The summed E-state index contributed by atoms with van der Waals surface area (Å²) in [5, 5.41) is 14.7. The highest BCUT2D eigenvalue weighted by molar-refractivity contribution is 7.03. The molecule has 1 unspecified atom stereocenters. The average Bonchev–Trinajstić information content (AvgIpc) is 2.34. The Hall–Kier alpha value is -0.480. The van der Waals surface area contributed by atoms with Gasteiger partial charge in [-0.05, 0) is 31.3 Å². The van der Waals surface area contributed by atoms with Crippen LogP contribution >= 0.6 is 11.5 Å². The normalized spacial score (nSPS) is 13.4. The summed E-state index contributed by atoms with van der Waals surface area (Å²) in [6.45, 7) is 1.78. The van der Waals surface area contributed by atoms with Crippen molar-refractivity contribution >= 4 is 11.5 Å². The Morgan fingerprint density at radius 2 is 2.60 bits per heavy atom. The number of hydrogen-bond acceptors (Lipinski definition) is 4. The van der Waals surface area contributed by atoms with Crippen molar-refractivity contribution in [1.29, 1.82) is 0 Å². The van der Waals surface area contributed by atoms with E-state index in [1.54, 1.807) is 6.92 Å². The molecule has 0 radical (unpaired) electrons. The minimum Gasteiger partial charge on any atom is -0.393 e. The van der Waals surface area contributed by atoms with Crippen LogP contribution in [0.3, 0.4) is 0 Å². The molecule has 0 saturated carbocycles. The lowest BCUT2D eigenvalue weighted by Gasteiger charge is -1.98. The van der Waals surface area contributed by atoms with E-state index >= 15 is 0 Å². The Balaban J connectivity index is 2.28. The molecule has 0 aliphatic carbocycles. The van der Waals surface area contributed by atoms with Crippen molar-refractivity contribution in [2.45, 2.75) is 25.9 Å². The molecule has 1 aromatic rings. The van der Waals surface area contributed by atoms with E-state index in [2.05, 4.69) is 9.59 Å². The molecule has 1 N–H and O–H groups in total. The smallest absolute Gasteiger partial charge is 0.0756 e. The Kier molecular flexibility index (Phi) is 2.77. The Morgan fingerprint density at radius 3 is 3.10 bits per heavy atom. The quantitative estimate of drug-likeness (QED) is 0.709. The van der Waals surface area contributed by atoms with Gasteiger partial charge in [-0.25, -0.2) is 0 Å². The summed E-state index contributed by atoms with van der Waals surface area (Å²) >= 11 is 1.35. The van der Waals surface area contributed by atoms with Crippen LogP contribution in [0.15, 0.2) is 5.38 Å². The highest BCUT2D eigenvalue weighted by Crippen LogP contribution is 2.02. The first-order chi connectivity index (χ1) is 4.79. The lowest BCUT2D eigenvalue weighted by molar-refractivity contribution is 0.184. The van der Waals surface area contributed by atoms with Gasteiger partial charge in [0, 0.05) is 5.38 Å². The molecule has 0 saturated heterocycles. The fourth-order valence-corrected chi connectivity index (χ4v) is 1.14. The number of aliphatic hydroxyl groups is 1. The molecule has 0 amide bonds. The van der Waals surface area contributed by atoms with Gasteiger partial charge in [-0.1, -0.05) is 4.49 Å². The first-order valence-electron chi connectivity index (χ1n) is 3.23. The molecule has 0 aliphatic rings. The maximum Gasteiger partial charge on any atom is 0.0756 e.